The number of nitrogens with zero attached hydrogens (tertiary/aromatic N) is 3. The summed E-state index contributed by atoms with van der Waals surface area (Å²) in [6, 6.07) is 0.249. The Morgan fingerprint density at radius 2 is 2.15 bits per heavy atom. The number of halogens is 1. The van der Waals surface area contributed by atoms with Crippen molar-refractivity contribution in [1.29, 1.82) is 0 Å². The van der Waals surface area contributed by atoms with E-state index in [1.165, 1.54) is 0 Å². The molecule has 0 aliphatic carbocycles. The molecule has 0 amide bonds. The fourth-order valence-corrected chi connectivity index (χ4v) is 1.54. The molecule has 1 aliphatic heterocycles. The van der Waals surface area contributed by atoms with Gasteiger partial charge in [0.25, 0.3) is 0 Å². The van der Waals surface area contributed by atoms with Gasteiger partial charge in [0.1, 0.15) is 0 Å². The van der Waals surface area contributed by atoms with Crippen molar-refractivity contribution < 1.29 is 0 Å². The first-order valence-corrected chi connectivity index (χ1v) is 4.61. The summed E-state index contributed by atoms with van der Waals surface area (Å²) in [5, 5.41) is 0.562. The van der Waals surface area contributed by atoms with Crippen molar-refractivity contribution in [1.82, 2.24) is 9.97 Å². The Morgan fingerprint density at radius 1 is 1.46 bits per heavy atom. The van der Waals surface area contributed by atoms with Crippen LogP contribution < -0.4 is 10.6 Å². The smallest absolute Gasteiger partial charge is 0.225 e. The molecular formula is C8H11ClN4. The predicted molar refractivity (Wildman–Crippen MR) is 51.8 cm³/mol. The predicted octanol–water partition coefficient (Wildman–Crippen LogP) is 0.667. The highest BCUT2D eigenvalue weighted by Crippen LogP contribution is 2.15. The zero-order valence-corrected chi connectivity index (χ0v) is 7.91. The van der Waals surface area contributed by atoms with Crippen LogP contribution in [0.15, 0.2) is 12.4 Å². The maximum atomic E-state index is 5.77. The van der Waals surface area contributed by atoms with Crippen molar-refractivity contribution in [3.63, 3.8) is 0 Å². The molecule has 0 bridgehead atoms. The lowest BCUT2D eigenvalue weighted by Gasteiger charge is -2.14. The van der Waals surface area contributed by atoms with Crippen LogP contribution in [0.1, 0.15) is 6.42 Å². The van der Waals surface area contributed by atoms with Crippen LogP contribution in [0.5, 0.6) is 0 Å². The van der Waals surface area contributed by atoms with E-state index >= 15 is 0 Å². The van der Waals surface area contributed by atoms with Crippen molar-refractivity contribution in [2.24, 2.45) is 5.73 Å². The quantitative estimate of drug-likeness (QED) is 0.721. The number of hydrogen-bond acceptors (Lipinski definition) is 4. The van der Waals surface area contributed by atoms with Crippen molar-refractivity contribution in [2.75, 3.05) is 18.0 Å². The SMILES string of the molecule is NC1CCN(c2ncc(Cl)cn2)C1. The Bertz CT molecular complexity index is 287. The van der Waals surface area contributed by atoms with E-state index in [-0.39, 0.29) is 6.04 Å². The lowest BCUT2D eigenvalue weighted by Crippen LogP contribution is -2.27. The monoisotopic (exact) mass is 198 g/mol. The molecular weight excluding hydrogens is 188 g/mol. The second-order valence-corrected chi connectivity index (χ2v) is 3.63. The van der Waals surface area contributed by atoms with Gasteiger partial charge in [0.15, 0.2) is 0 Å². The molecule has 1 fully saturated rings. The van der Waals surface area contributed by atoms with E-state index in [2.05, 4.69) is 14.9 Å². The van der Waals surface area contributed by atoms with Gasteiger partial charge in [-0.1, -0.05) is 11.6 Å². The van der Waals surface area contributed by atoms with Gasteiger partial charge >= 0.3 is 0 Å². The van der Waals surface area contributed by atoms with Crippen molar-refractivity contribution in [2.45, 2.75) is 12.5 Å². The van der Waals surface area contributed by atoms with Crippen molar-refractivity contribution >= 4 is 17.5 Å². The Labute approximate surface area is 81.7 Å². The second kappa shape index (κ2) is 3.47. The van der Waals surface area contributed by atoms with Gasteiger partial charge in [-0.2, -0.15) is 0 Å². The molecule has 1 unspecified atom stereocenters. The summed E-state index contributed by atoms with van der Waals surface area (Å²) in [4.78, 5) is 10.3. The van der Waals surface area contributed by atoms with E-state index in [0.717, 1.165) is 25.5 Å². The molecule has 1 saturated heterocycles. The summed E-state index contributed by atoms with van der Waals surface area (Å²) in [5.41, 5.74) is 5.77. The number of hydrogen-bond donors (Lipinski definition) is 1. The van der Waals surface area contributed by atoms with E-state index in [9.17, 15) is 0 Å². The van der Waals surface area contributed by atoms with Gasteiger partial charge in [0.05, 0.1) is 17.4 Å². The molecule has 1 aromatic rings. The van der Waals surface area contributed by atoms with Crippen LogP contribution >= 0.6 is 11.6 Å². The van der Waals surface area contributed by atoms with Crippen LogP contribution in [0.4, 0.5) is 5.95 Å². The number of anilines is 1. The molecule has 2 N–H and O–H groups in total. The molecule has 0 aromatic carbocycles. The highest BCUT2D eigenvalue weighted by molar-refractivity contribution is 6.30. The van der Waals surface area contributed by atoms with Crippen LogP contribution in [0.3, 0.4) is 0 Å². The summed E-state index contributed by atoms with van der Waals surface area (Å²) in [5.74, 6) is 0.720. The number of rotatable bonds is 1. The maximum Gasteiger partial charge on any atom is 0.225 e. The largest absolute Gasteiger partial charge is 0.339 e. The molecule has 0 saturated carbocycles. The van der Waals surface area contributed by atoms with E-state index in [0.29, 0.717) is 5.02 Å². The number of nitrogens with two attached hydrogens (primary N) is 1. The molecule has 13 heavy (non-hydrogen) atoms. The second-order valence-electron chi connectivity index (χ2n) is 3.20. The molecule has 0 radical (unpaired) electrons. The first-order chi connectivity index (χ1) is 6.25. The van der Waals surface area contributed by atoms with E-state index in [1.807, 2.05) is 0 Å². The summed E-state index contributed by atoms with van der Waals surface area (Å²) < 4.78 is 0. The maximum absolute atomic E-state index is 5.77. The Morgan fingerprint density at radius 3 is 2.69 bits per heavy atom. The minimum absolute atomic E-state index is 0.249. The van der Waals surface area contributed by atoms with Gasteiger partial charge in [-0.3, -0.25) is 0 Å². The topological polar surface area (TPSA) is 55.0 Å². The van der Waals surface area contributed by atoms with E-state index < -0.39 is 0 Å². The third-order valence-corrected chi connectivity index (χ3v) is 2.31. The fourth-order valence-electron chi connectivity index (χ4n) is 1.44. The molecule has 0 spiro atoms. The summed E-state index contributed by atoms with van der Waals surface area (Å²) in [7, 11) is 0. The van der Waals surface area contributed by atoms with Crippen LogP contribution in [-0.2, 0) is 0 Å². The molecule has 4 nitrogen and oxygen atoms in total. The standard InChI is InChI=1S/C8H11ClN4/c9-6-3-11-8(12-4-6)13-2-1-7(10)5-13/h3-4,7H,1-2,5,10H2. The van der Waals surface area contributed by atoms with Gasteiger partial charge < -0.3 is 10.6 Å². The summed E-state index contributed by atoms with van der Waals surface area (Å²) in [6.07, 6.45) is 4.22. The highest BCUT2D eigenvalue weighted by atomic mass is 35.5. The first-order valence-electron chi connectivity index (χ1n) is 4.24. The normalized spacial score (nSPS) is 22.3. The zero-order chi connectivity index (χ0) is 9.26. The highest BCUT2D eigenvalue weighted by Gasteiger charge is 2.20. The Kier molecular flexibility index (Phi) is 2.33. The van der Waals surface area contributed by atoms with Crippen LogP contribution in [-0.4, -0.2) is 29.1 Å². The van der Waals surface area contributed by atoms with Crippen molar-refractivity contribution in [3.05, 3.63) is 17.4 Å². The molecule has 1 aromatic heterocycles. The molecule has 1 atom stereocenters. The third kappa shape index (κ3) is 1.89. The molecule has 2 heterocycles. The molecule has 2 rings (SSSR count). The van der Waals surface area contributed by atoms with Crippen LogP contribution in [0.25, 0.3) is 0 Å². The third-order valence-electron chi connectivity index (χ3n) is 2.11. The lowest BCUT2D eigenvalue weighted by atomic mass is 10.3. The van der Waals surface area contributed by atoms with Gasteiger partial charge in [-0.25, -0.2) is 9.97 Å². The van der Waals surface area contributed by atoms with E-state index in [4.69, 9.17) is 17.3 Å². The minimum Gasteiger partial charge on any atom is -0.339 e. The van der Waals surface area contributed by atoms with Crippen LogP contribution in [0, 0.1) is 0 Å². The van der Waals surface area contributed by atoms with Gasteiger partial charge in [-0.15, -0.1) is 0 Å². The Hall–Kier alpha value is -0.870. The minimum atomic E-state index is 0.249. The van der Waals surface area contributed by atoms with Crippen molar-refractivity contribution in [3.8, 4) is 0 Å². The average molecular weight is 199 g/mol. The molecule has 70 valence electrons. The summed E-state index contributed by atoms with van der Waals surface area (Å²) in [6.45, 7) is 1.77. The fraction of sp³-hybridized carbons (Fsp3) is 0.500. The lowest BCUT2D eigenvalue weighted by molar-refractivity contribution is 0.750. The summed E-state index contributed by atoms with van der Waals surface area (Å²) >= 11 is 5.68. The zero-order valence-electron chi connectivity index (χ0n) is 7.15. The van der Waals surface area contributed by atoms with E-state index in [1.54, 1.807) is 12.4 Å². The van der Waals surface area contributed by atoms with Gasteiger partial charge in [0.2, 0.25) is 5.95 Å². The average Bonchev–Trinajstić information content (AvgIpc) is 2.53. The van der Waals surface area contributed by atoms with Gasteiger partial charge in [-0.05, 0) is 6.42 Å². The van der Waals surface area contributed by atoms with Crippen LogP contribution in [0.2, 0.25) is 5.02 Å². The first kappa shape index (κ1) is 8.72. The molecule has 1 aliphatic rings. The van der Waals surface area contributed by atoms with Gasteiger partial charge in [0, 0.05) is 19.1 Å². The molecule has 5 heteroatoms. The Balaban J connectivity index is 2.13. The number of aromatic nitrogens is 2.